The summed E-state index contributed by atoms with van der Waals surface area (Å²) in [5.74, 6) is 1.15. The smallest absolute Gasteiger partial charge is 0.228 e. The van der Waals surface area contributed by atoms with Crippen LogP contribution in [0.15, 0.2) is 6.20 Å². The summed E-state index contributed by atoms with van der Waals surface area (Å²) < 4.78 is 5.06. The number of hydrogen-bond donors (Lipinski definition) is 1. The lowest BCUT2D eigenvalue weighted by molar-refractivity contribution is 0.270. The molecule has 1 aliphatic rings. The molecule has 0 aliphatic carbocycles. The molecule has 0 atom stereocenters. The SMILES string of the molecule is COc1nc(N2CCC2)ncc1CO. The van der Waals surface area contributed by atoms with Crippen LogP contribution in [-0.4, -0.2) is 35.3 Å². The van der Waals surface area contributed by atoms with Crippen molar-refractivity contribution in [2.45, 2.75) is 13.0 Å². The Morgan fingerprint density at radius 1 is 1.57 bits per heavy atom. The average Bonchev–Trinajstić information content (AvgIpc) is 2.15. The van der Waals surface area contributed by atoms with Crippen LogP contribution in [0.2, 0.25) is 0 Å². The molecule has 14 heavy (non-hydrogen) atoms. The Kier molecular flexibility index (Phi) is 2.49. The molecule has 2 rings (SSSR count). The lowest BCUT2D eigenvalue weighted by Gasteiger charge is -2.30. The Labute approximate surface area is 82.4 Å². The number of nitrogens with zero attached hydrogens (tertiary/aromatic N) is 3. The highest BCUT2D eigenvalue weighted by Crippen LogP contribution is 2.21. The zero-order valence-electron chi connectivity index (χ0n) is 8.10. The standard InChI is InChI=1S/C9H13N3O2/c1-14-8-7(6-13)5-10-9(11-8)12-3-2-4-12/h5,13H,2-4,6H2,1H3. The van der Waals surface area contributed by atoms with Gasteiger partial charge in [-0.3, -0.25) is 0 Å². The van der Waals surface area contributed by atoms with Crippen molar-refractivity contribution in [3.63, 3.8) is 0 Å². The van der Waals surface area contributed by atoms with Crippen molar-refractivity contribution < 1.29 is 9.84 Å². The summed E-state index contributed by atoms with van der Waals surface area (Å²) >= 11 is 0. The average molecular weight is 195 g/mol. The molecule has 1 aromatic heterocycles. The van der Waals surface area contributed by atoms with Gasteiger partial charge in [-0.1, -0.05) is 0 Å². The monoisotopic (exact) mass is 195 g/mol. The van der Waals surface area contributed by atoms with Gasteiger partial charge in [0.25, 0.3) is 0 Å². The number of hydrogen-bond acceptors (Lipinski definition) is 5. The van der Waals surface area contributed by atoms with Gasteiger partial charge in [0.2, 0.25) is 11.8 Å². The van der Waals surface area contributed by atoms with Crippen molar-refractivity contribution in [3.05, 3.63) is 11.8 Å². The van der Waals surface area contributed by atoms with Crippen molar-refractivity contribution in [1.29, 1.82) is 0 Å². The summed E-state index contributed by atoms with van der Waals surface area (Å²) in [6.45, 7) is 1.91. The first-order valence-corrected chi connectivity index (χ1v) is 4.61. The van der Waals surface area contributed by atoms with Gasteiger partial charge in [0.1, 0.15) is 0 Å². The molecule has 0 unspecified atom stereocenters. The van der Waals surface area contributed by atoms with E-state index in [1.54, 1.807) is 13.3 Å². The minimum atomic E-state index is -0.0938. The van der Waals surface area contributed by atoms with E-state index in [1.165, 1.54) is 6.42 Å². The summed E-state index contributed by atoms with van der Waals surface area (Å²) in [5, 5.41) is 8.98. The zero-order valence-corrected chi connectivity index (χ0v) is 8.10. The Morgan fingerprint density at radius 2 is 2.36 bits per heavy atom. The molecule has 1 fully saturated rings. The first-order valence-electron chi connectivity index (χ1n) is 4.61. The molecule has 0 aromatic carbocycles. The third-order valence-electron chi connectivity index (χ3n) is 2.31. The van der Waals surface area contributed by atoms with Crippen LogP contribution in [0.3, 0.4) is 0 Å². The van der Waals surface area contributed by atoms with Crippen molar-refractivity contribution in [1.82, 2.24) is 9.97 Å². The maximum atomic E-state index is 8.98. The van der Waals surface area contributed by atoms with E-state index in [2.05, 4.69) is 14.9 Å². The van der Waals surface area contributed by atoms with Crippen molar-refractivity contribution in [2.75, 3.05) is 25.1 Å². The predicted molar refractivity (Wildman–Crippen MR) is 51.3 cm³/mol. The fourth-order valence-electron chi connectivity index (χ4n) is 1.34. The van der Waals surface area contributed by atoms with E-state index >= 15 is 0 Å². The Bertz CT molecular complexity index is 326. The molecule has 0 spiro atoms. The molecule has 0 radical (unpaired) electrons. The molecule has 0 bridgehead atoms. The van der Waals surface area contributed by atoms with E-state index in [0.717, 1.165) is 13.1 Å². The minimum absolute atomic E-state index is 0.0938. The van der Waals surface area contributed by atoms with Gasteiger partial charge >= 0.3 is 0 Å². The predicted octanol–water partition coefficient (Wildman–Crippen LogP) is 0.188. The lowest BCUT2D eigenvalue weighted by atomic mass is 10.2. The number of rotatable bonds is 3. The number of aliphatic hydroxyl groups is 1. The van der Waals surface area contributed by atoms with E-state index in [1.807, 2.05) is 0 Å². The number of methoxy groups -OCH3 is 1. The van der Waals surface area contributed by atoms with Gasteiger partial charge in [-0.25, -0.2) is 4.98 Å². The highest BCUT2D eigenvalue weighted by Gasteiger charge is 2.18. The van der Waals surface area contributed by atoms with Gasteiger partial charge in [-0.2, -0.15) is 4.98 Å². The van der Waals surface area contributed by atoms with Gasteiger partial charge in [-0.15, -0.1) is 0 Å². The fourth-order valence-corrected chi connectivity index (χ4v) is 1.34. The van der Waals surface area contributed by atoms with Crippen molar-refractivity contribution >= 4 is 5.95 Å². The van der Waals surface area contributed by atoms with Gasteiger partial charge in [0, 0.05) is 19.3 Å². The molecule has 1 saturated heterocycles. The number of anilines is 1. The van der Waals surface area contributed by atoms with Crippen molar-refractivity contribution in [2.24, 2.45) is 0 Å². The minimum Gasteiger partial charge on any atom is -0.481 e. The second kappa shape index (κ2) is 3.79. The highest BCUT2D eigenvalue weighted by atomic mass is 16.5. The quantitative estimate of drug-likeness (QED) is 0.746. The zero-order chi connectivity index (χ0) is 9.97. The summed E-state index contributed by atoms with van der Waals surface area (Å²) in [6.07, 6.45) is 2.80. The van der Waals surface area contributed by atoms with E-state index in [4.69, 9.17) is 9.84 Å². The largest absolute Gasteiger partial charge is 0.481 e. The summed E-state index contributed by atoms with van der Waals surface area (Å²) in [7, 11) is 1.54. The molecule has 0 amide bonds. The molecule has 1 aromatic rings. The summed E-state index contributed by atoms with van der Waals surface area (Å²) in [4.78, 5) is 10.4. The number of ether oxygens (including phenoxy) is 1. The fraction of sp³-hybridized carbons (Fsp3) is 0.556. The number of aromatic nitrogens is 2. The van der Waals surface area contributed by atoms with Gasteiger partial charge in [0.15, 0.2) is 0 Å². The Balaban J connectivity index is 2.26. The first kappa shape index (κ1) is 9.21. The molecule has 5 heteroatoms. The van der Waals surface area contributed by atoms with Crippen LogP contribution in [0.4, 0.5) is 5.95 Å². The van der Waals surface area contributed by atoms with Crippen molar-refractivity contribution in [3.8, 4) is 5.88 Å². The summed E-state index contributed by atoms with van der Waals surface area (Å²) in [5.41, 5.74) is 0.622. The van der Waals surface area contributed by atoms with Gasteiger partial charge in [-0.05, 0) is 6.42 Å². The van der Waals surface area contributed by atoms with Gasteiger partial charge < -0.3 is 14.7 Å². The first-order chi connectivity index (χ1) is 6.85. The molecule has 2 heterocycles. The van der Waals surface area contributed by atoms with Crippen LogP contribution >= 0.6 is 0 Å². The third kappa shape index (κ3) is 1.50. The van der Waals surface area contributed by atoms with E-state index < -0.39 is 0 Å². The summed E-state index contributed by atoms with van der Waals surface area (Å²) in [6, 6.07) is 0. The van der Waals surface area contributed by atoms with Crippen LogP contribution in [0.25, 0.3) is 0 Å². The Morgan fingerprint density at radius 3 is 2.86 bits per heavy atom. The van der Waals surface area contributed by atoms with Crippen LogP contribution < -0.4 is 9.64 Å². The second-order valence-corrected chi connectivity index (χ2v) is 3.20. The van der Waals surface area contributed by atoms with Crippen LogP contribution in [0.5, 0.6) is 5.88 Å². The molecular weight excluding hydrogens is 182 g/mol. The van der Waals surface area contributed by atoms with Crippen LogP contribution in [0, 0.1) is 0 Å². The molecule has 1 aliphatic heterocycles. The molecule has 1 N–H and O–H groups in total. The van der Waals surface area contributed by atoms with Crippen LogP contribution in [-0.2, 0) is 6.61 Å². The molecular formula is C9H13N3O2. The second-order valence-electron chi connectivity index (χ2n) is 3.20. The maximum absolute atomic E-state index is 8.98. The highest BCUT2D eigenvalue weighted by molar-refractivity contribution is 5.37. The maximum Gasteiger partial charge on any atom is 0.228 e. The Hall–Kier alpha value is -1.36. The van der Waals surface area contributed by atoms with E-state index in [0.29, 0.717) is 17.4 Å². The van der Waals surface area contributed by atoms with E-state index in [9.17, 15) is 0 Å². The van der Waals surface area contributed by atoms with Crippen LogP contribution in [0.1, 0.15) is 12.0 Å². The third-order valence-corrected chi connectivity index (χ3v) is 2.31. The molecule has 5 nitrogen and oxygen atoms in total. The molecule has 76 valence electrons. The van der Waals surface area contributed by atoms with E-state index in [-0.39, 0.29) is 6.61 Å². The topological polar surface area (TPSA) is 58.5 Å². The van der Waals surface area contributed by atoms with Gasteiger partial charge in [0.05, 0.1) is 19.3 Å². The molecule has 0 saturated carbocycles. The lowest BCUT2D eigenvalue weighted by Crippen LogP contribution is -2.38. The number of aliphatic hydroxyl groups excluding tert-OH is 1. The normalized spacial score (nSPS) is 15.1.